The Morgan fingerprint density at radius 1 is 1.36 bits per heavy atom. The van der Waals surface area contributed by atoms with Crippen LogP contribution in [0.4, 0.5) is 0 Å². The van der Waals surface area contributed by atoms with Gasteiger partial charge in [0.05, 0.1) is 18.3 Å². The van der Waals surface area contributed by atoms with Crippen LogP contribution in [0.3, 0.4) is 0 Å². The molecule has 4 rings (SSSR count). The Hall–Kier alpha value is -2.67. The zero-order chi connectivity index (χ0) is 15.3. The van der Waals surface area contributed by atoms with Gasteiger partial charge in [-0.25, -0.2) is 0 Å². The van der Waals surface area contributed by atoms with Crippen LogP contribution in [-0.2, 0) is 6.54 Å². The molecule has 2 N–H and O–H groups in total. The highest BCUT2D eigenvalue weighted by Gasteiger charge is 2.16. The van der Waals surface area contributed by atoms with Crippen molar-refractivity contribution >= 4 is 21.9 Å². The first kappa shape index (κ1) is 13.0. The summed E-state index contributed by atoms with van der Waals surface area (Å²) in [6, 6.07) is 5.82. The van der Waals surface area contributed by atoms with Crippen molar-refractivity contribution in [1.82, 2.24) is 19.9 Å². The van der Waals surface area contributed by atoms with Crippen LogP contribution in [0.15, 0.2) is 33.3 Å². The van der Waals surface area contributed by atoms with E-state index in [4.69, 9.17) is 14.7 Å². The normalized spacial score (nSPS) is 13.2. The van der Waals surface area contributed by atoms with Crippen LogP contribution < -0.4 is 5.73 Å². The monoisotopic (exact) mass is 297 g/mol. The number of nitrogens with two attached hydrogens (primary N) is 1. The van der Waals surface area contributed by atoms with E-state index in [0.29, 0.717) is 24.0 Å². The minimum Gasteiger partial charge on any atom is -0.451 e. The smallest absolute Gasteiger partial charge is 0.293 e. The molecule has 0 amide bonds. The van der Waals surface area contributed by atoms with Crippen molar-refractivity contribution in [3.63, 3.8) is 0 Å². The number of fused-ring (bicyclic) bond motifs is 3. The van der Waals surface area contributed by atoms with Gasteiger partial charge in [-0.2, -0.15) is 10.1 Å². The van der Waals surface area contributed by atoms with Gasteiger partial charge in [-0.15, -0.1) is 0 Å². The second-order valence-corrected chi connectivity index (χ2v) is 5.48. The Labute approximate surface area is 125 Å². The molecule has 0 aliphatic rings. The van der Waals surface area contributed by atoms with Crippen LogP contribution in [-0.4, -0.2) is 26.0 Å². The molecule has 7 nitrogen and oxygen atoms in total. The molecule has 0 bridgehead atoms. The molecule has 3 heterocycles. The van der Waals surface area contributed by atoms with Gasteiger partial charge in [-0.1, -0.05) is 5.16 Å². The third-order valence-electron chi connectivity index (χ3n) is 3.50. The number of nitrogens with zero attached hydrogens (tertiary/aromatic N) is 4. The predicted octanol–water partition coefficient (Wildman–Crippen LogP) is 2.49. The number of hydrogen-bond donors (Lipinski definition) is 1. The van der Waals surface area contributed by atoms with Crippen LogP contribution in [0, 0.1) is 6.92 Å². The highest BCUT2D eigenvalue weighted by molar-refractivity contribution is 6.04. The maximum Gasteiger partial charge on any atom is 0.293 e. The first-order valence-corrected chi connectivity index (χ1v) is 7.06. The summed E-state index contributed by atoms with van der Waals surface area (Å²) in [4.78, 5) is 4.20. The van der Waals surface area contributed by atoms with Crippen molar-refractivity contribution in [2.24, 2.45) is 5.73 Å². The van der Waals surface area contributed by atoms with Gasteiger partial charge in [0.15, 0.2) is 11.6 Å². The molecule has 22 heavy (non-hydrogen) atoms. The number of aryl methyl sites for hydroxylation is 1. The second-order valence-electron chi connectivity index (χ2n) is 5.48. The van der Waals surface area contributed by atoms with E-state index in [-0.39, 0.29) is 6.04 Å². The number of furan rings is 1. The summed E-state index contributed by atoms with van der Waals surface area (Å²) in [5, 5.41) is 10.2. The van der Waals surface area contributed by atoms with Crippen LogP contribution in [0.25, 0.3) is 33.5 Å². The molecule has 3 aromatic heterocycles. The first-order chi connectivity index (χ1) is 10.6. The quantitative estimate of drug-likeness (QED) is 0.624. The molecule has 0 spiro atoms. The average Bonchev–Trinajstić information content (AvgIpc) is 3.15. The summed E-state index contributed by atoms with van der Waals surface area (Å²) in [5.74, 6) is 1.50. The Bertz CT molecular complexity index is 963. The van der Waals surface area contributed by atoms with Crippen molar-refractivity contribution in [2.45, 2.75) is 26.4 Å². The Morgan fingerprint density at radius 2 is 2.23 bits per heavy atom. The average molecular weight is 297 g/mol. The Balaban J connectivity index is 1.94. The summed E-state index contributed by atoms with van der Waals surface area (Å²) < 4.78 is 12.9. The molecule has 0 aliphatic heterocycles. The lowest BCUT2D eigenvalue weighted by Gasteiger charge is -2.06. The minimum atomic E-state index is 0.0170. The van der Waals surface area contributed by atoms with Crippen molar-refractivity contribution in [3.05, 3.63) is 30.2 Å². The molecule has 1 atom stereocenters. The summed E-state index contributed by atoms with van der Waals surface area (Å²) in [6.45, 7) is 4.37. The summed E-state index contributed by atoms with van der Waals surface area (Å²) in [6.07, 6.45) is 1.83. The fraction of sp³-hybridized carbons (Fsp3) is 0.267. The van der Waals surface area contributed by atoms with Gasteiger partial charge in [0.1, 0.15) is 5.58 Å². The standard InChI is InChI=1S/C15H15N5O2/c1-8(16)7-20-14-10(6-17-20)3-4-12-11(14)5-13(21-12)15-18-9(2)19-22-15/h3-6,8H,7,16H2,1-2H3. The van der Waals surface area contributed by atoms with Gasteiger partial charge in [0.25, 0.3) is 5.89 Å². The highest BCUT2D eigenvalue weighted by atomic mass is 16.5. The van der Waals surface area contributed by atoms with E-state index in [1.165, 1.54) is 0 Å². The molecule has 1 aromatic carbocycles. The third kappa shape index (κ3) is 1.98. The van der Waals surface area contributed by atoms with E-state index < -0.39 is 0 Å². The number of aromatic nitrogens is 4. The molecule has 7 heteroatoms. The van der Waals surface area contributed by atoms with E-state index in [1.54, 1.807) is 6.92 Å². The van der Waals surface area contributed by atoms with E-state index in [9.17, 15) is 0 Å². The zero-order valence-corrected chi connectivity index (χ0v) is 12.3. The number of benzene rings is 1. The highest BCUT2D eigenvalue weighted by Crippen LogP contribution is 2.32. The minimum absolute atomic E-state index is 0.0170. The molecule has 4 aromatic rings. The van der Waals surface area contributed by atoms with Gasteiger partial charge in [-0.05, 0) is 32.0 Å². The lowest BCUT2D eigenvalue weighted by molar-refractivity contribution is 0.414. The van der Waals surface area contributed by atoms with Gasteiger partial charge in [0, 0.05) is 16.8 Å². The maximum absolute atomic E-state index is 5.90. The summed E-state index contributed by atoms with van der Waals surface area (Å²) >= 11 is 0. The molecule has 0 fully saturated rings. The largest absolute Gasteiger partial charge is 0.451 e. The summed E-state index contributed by atoms with van der Waals surface area (Å²) in [7, 11) is 0. The van der Waals surface area contributed by atoms with Crippen molar-refractivity contribution in [2.75, 3.05) is 0 Å². The van der Waals surface area contributed by atoms with Crippen LogP contribution in [0.5, 0.6) is 0 Å². The van der Waals surface area contributed by atoms with Crippen molar-refractivity contribution in [1.29, 1.82) is 0 Å². The summed E-state index contributed by atoms with van der Waals surface area (Å²) in [5.41, 5.74) is 7.66. The van der Waals surface area contributed by atoms with E-state index >= 15 is 0 Å². The molecule has 1 unspecified atom stereocenters. The van der Waals surface area contributed by atoms with Crippen molar-refractivity contribution in [3.8, 4) is 11.7 Å². The second kappa shape index (κ2) is 4.67. The molecular formula is C15H15N5O2. The lowest BCUT2D eigenvalue weighted by Crippen LogP contribution is -2.22. The van der Waals surface area contributed by atoms with Crippen LogP contribution in [0.2, 0.25) is 0 Å². The first-order valence-electron chi connectivity index (χ1n) is 7.06. The fourth-order valence-electron chi connectivity index (χ4n) is 2.61. The van der Waals surface area contributed by atoms with Crippen molar-refractivity contribution < 1.29 is 8.94 Å². The molecule has 0 saturated heterocycles. The predicted molar refractivity (Wildman–Crippen MR) is 81.2 cm³/mol. The zero-order valence-electron chi connectivity index (χ0n) is 12.3. The van der Waals surface area contributed by atoms with E-state index in [0.717, 1.165) is 21.9 Å². The van der Waals surface area contributed by atoms with E-state index in [2.05, 4.69) is 15.2 Å². The van der Waals surface area contributed by atoms with Gasteiger partial charge < -0.3 is 14.7 Å². The topological polar surface area (TPSA) is 95.9 Å². The van der Waals surface area contributed by atoms with Gasteiger partial charge >= 0.3 is 0 Å². The van der Waals surface area contributed by atoms with Gasteiger partial charge in [0.2, 0.25) is 0 Å². The van der Waals surface area contributed by atoms with E-state index in [1.807, 2.05) is 36.0 Å². The van der Waals surface area contributed by atoms with Crippen LogP contribution >= 0.6 is 0 Å². The SMILES string of the molecule is Cc1noc(-c2cc3c(ccc4cnn(CC(C)N)c43)o2)n1. The number of hydrogen-bond acceptors (Lipinski definition) is 6. The Kier molecular flexibility index (Phi) is 2.77. The Morgan fingerprint density at radius 3 is 2.95 bits per heavy atom. The molecule has 0 aliphatic carbocycles. The molecule has 0 radical (unpaired) electrons. The fourth-order valence-corrected chi connectivity index (χ4v) is 2.61. The lowest BCUT2D eigenvalue weighted by atomic mass is 10.2. The maximum atomic E-state index is 5.90. The van der Waals surface area contributed by atoms with Crippen LogP contribution in [0.1, 0.15) is 12.7 Å². The molecule has 112 valence electrons. The third-order valence-corrected chi connectivity index (χ3v) is 3.50. The van der Waals surface area contributed by atoms with Gasteiger partial charge in [-0.3, -0.25) is 4.68 Å². The number of rotatable bonds is 3. The molecule has 0 saturated carbocycles. The molecular weight excluding hydrogens is 282 g/mol.